The topological polar surface area (TPSA) is 109 Å². The van der Waals surface area contributed by atoms with Crippen molar-refractivity contribution in [3.63, 3.8) is 0 Å². The fourth-order valence-electron chi connectivity index (χ4n) is 6.30. The number of allylic oxidation sites excluding steroid dienone is 1. The van der Waals surface area contributed by atoms with Crippen LogP contribution in [0.15, 0.2) is 47.9 Å². The highest BCUT2D eigenvalue weighted by Crippen LogP contribution is 2.41. The summed E-state index contributed by atoms with van der Waals surface area (Å²) in [5, 5.41) is 1.84. The number of thioether (sulfide) groups is 1. The average molecular weight is 687 g/mol. The first-order valence-corrected chi connectivity index (χ1v) is 18.4. The molecule has 3 aliphatic heterocycles. The number of benzene rings is 2. The minimum Gasteiger partial charge on any atom is -0.493 e. The zero-order chi connectivity index (χ0) is 33.9. The summed E-state index contributed by atoms with van der Waals surface area (Å²) in [5.74, 6) is 1.09. The van der Waals surface area contributed by atoms with Gasteiger partial charge in [-0.2, -0.15) is 0 Å². The number of hydrogen-bond donors (Lipinski definition) is 0. The van der Waals surface area contributed by atoms with Crippen LogP contribution in [-0.4, -0.2) is 98.7 Å². The summed E-state index contributed by atoms with van der Waals surface area (Å²) >= 11 is 1.33. The summed E-state index contributed by atoms with van der Waals surface area (Å²) in [4.78, 5) is 32.6. The molecule has 0 spiro atoms. The Kier molecular flexibility index (Phi) is 10.7. The van der Waals surface area contributed by atoms with Crippen molar-refractivity contribution in [2.45, 2.75) is 62.8 Å². The summed E-state index contributed by atoms with van der Waals surface area (Å²) in [6, 6.07) is 11.2. The average Bonchev–Trinajstić information content (AvgIpc) is 3.71. The Morgan fingerprint density at radius 2 is 1.79 bits per heavy atom. The number of fused-ring (bicyclic) bond motifs is 1. The second-order valence-electron chi connectivity index (χ2n) is 13.0. The van der Waals surface area contributed by atoms with Crippen molar-refractivity contribution >= 4 is 39.5 Å². The minimum atomic E-state index is -3.45. The maximum Gasteiger partial charge on any atom is 0.410 e. The molecule has 13 heteroatoms. The van der Waals surface area contributed by atoms with E-state index in [1.807, 2.05) is 73.6 Å². The predicted molar refractivity (Wildman–Crippen MR) is 185 cm³/mol. The quantitative estimate of drug-likeness (QED) is 0.304. The van der Waals surface area contributed by atoms with Crippen molar-refractivity contribution in [2.75, 3.05) is 58.9 Å². The maximum atomic E-state index is 14.1. The molecule has 2 atom stereocenters. The number of nitrogens with zero attached hydrogens (tertiary/aromatic N) is 4. The van der Waals surface area contributed by atoms with Crippen LogP contribution in [0.1, 0.15) is 67.6 Å². The van der Waals surface area contributed by atoms with Crippen LogP contribution in [0.5, 0.6) is 11.5 Å². The van der Waals surface area contributed by atoms with Gasteiger partial charge >= 0.3 is 6.09 Å². The van der Waals surface area contributed by atoms with Gasteiger partial charge in [0.05, 0.1) is 20.3 Å². The molecule has 0 aliphatic carbocycles. The molecule has 256 valence electrons. The molecule has 0 N–H and O–H groups in total. The van der Waals surface area contributed by atoms with Crippen molar-refractivity contribution in [1.29, 1.82) is 0 Å². The normalized spacial score (nSPS) is 18.9. The van der Waals surface area contributed by atoms with E-state index in [-0.39, 0.29) is 18.0 Å². The molecule has 0 saturated carbocycles. The largest absolute Gasteiger partial charge is 0.493 e. The Labute approximate surface area is 282 Å². The first-order chi connectivity index (χ1) is 22.3. The molecule has 3 aliphatic rings. The third-order valence-corrected chi connectivity index (χ3v) is 12.6. The van der Waals surface area contributed by atoms with Gasteiger partial charge in [0.1, 0.15) is 10.2 Å². The molecule has 2 aromatic rings. The zero-order valence-electron chi connectivity index (χ0n) is 28.1. The number of hydrogen-bond acceptors (Lipinski definition) is 9. The SMILES string of the molecule is COc1ccc([C@@H](CCCN(C)S(=O)(=O)C2CC=CS2)N2Cc3c(cccc3N3CCN(C(=O)OC(C)(C)C)CC3)C2=O)cc1OC. The molecule has 5 rings (SSSR count). The van der Waals surface area contributed by atoms with Crippen LogP contribution in [-0.2, 0) is 21.3 Å². The Morgan fingerprint density at radius 1 is 1.06 bits per heavy atom. The first-order valence-electron chi connectivity index (χ1n) is 16.0. The monoisotopic (exact) mass is 686 g/mol. The van der Waals surface area contributed by atoms with Gasteiger partial charge in [0, 0.05) is 63.1 Å². The van der Waals surface area contributed by atoms with Gasteiger partial charge in [-0.05, 0) is 75.3 Å². The van der Waals surface area contributed by atoms with Crippen LogP contribution in [0.4, 0.5) is 10.5 Å². The molecule has 0 bridgehead atoms. The smallest absolute Gasteiger partial charge is 0.410 e. The molecule has 11 nitrogen and oxygen atoms in total. The van der Waals surface area contributed by atoms with Crippen LogP contribution in [0.25, 0.3) is 0 Å². The zero-order valence-corrected chi connectivity index (χ0v) is 29.7. The van der Waals surface area contributed by atoms with E-state index in [0.717, 1.165) is 16.8 Å². The number of carbonyl (C=O) groups is 2. The number of sulfonamides is 1. The highest BCUT2D eigenvalue weighted by molar-refractivity contribution is 8.14. The summed E-state index contributed by atoms with van der Waals surface area (Å²) in [5.41, 5.74) is 2.94. The van der Waals surface area contributed by atoms with E-state index in [9.17, 15) is 18.0 Å². The number of ether oxygens (including phenoxy) is 3. The van der Waals surface area contributed by atoms with Gasteiger partial charge in [-0.3, -0.25) is 4.79 Å². The molecule has 47 heavy (non-hydrogen) atoms. The van der Waals surface area contributed by atoms with E-state index in [0.29, 0.717) is 75.6 Å². The lowest BCUT2D eigenvalue weighted by atomic mass is 9.99. The van der Waals surface area contributed by atoms with Gasteiger partial charge in [0.2, 0.25) is 10.0 Å². The summed E-state index contributed by atoms with van der Waals surface area (Å²) in [6.07, 6.45) is 3.19. The van der Waals surface area contributed by atoms with Crippen molar-refractivity contribution in [1.82, 2.24) is 14.1 Å². The van der Waals surface area contributed by atoms with Gasteiger partial charge < -0.3 is 28.9 Å². The van der Waals surface area contributed by atoms with Gasteiger partial charge in [0.25, 0.3) is 5.91 Å². The van der Waals surface area contributed by atoms with E-state index >= 15 is 0 Å². The second kappa shape index (κ2) is 14.4. The molecular weight excluding hydrogens is 641 g/mol. The number of amides is 2. The molecule has 2 aromatic carbocycles. The van der Waals surface area contributed by atoms with Gasteiger partial charge in [-0.1, -0.05) is 18.2 Å². The van der Waals surface area contributed by atoms with Gasteiger partial charge in [-0.25, -0.2) is 17.5 Å². The second-order valence-corrected chi connectivity index (χ2v) is 16.6. The Balaban J connectivity index is 1.35. The number of carbonyl (C=O) groups excluding carboxylic acids is 2. The lowest BCUT2D eigenvalue weighted by molar-refractivity contribution is 0.0240. The molecular formula is C34H46N4O7S2. The molecule has 1 saturated heterocycles. The number of rotatable bonds is 11. The van der Waals surface area contributed by atoms with Crippen LogP contribution < -0.4 is 14.4 Å². The van der Waals surface area contributed by atoms with E-state index < -0.39 is 20.2 Å². The third-order valence-electron chi connectivity index (χ3n) is 8.78. The number of piperazine rings is 1. The molecule has 1 fully saturated rings. The van der Waals surface area contributed by atoms with E-state index in [1.165, 1.54) is 16.1 Å². The van der Waals surface area contributed by atoms with Crippen molar-refractivity contribution in [3.05, 3.63) is 64.6 Å². The van der Waals surface area contributed by atoms with Gasteiger partial charge in [0.15, 0.2) is 11.5 Å². The molecule has 0 radical (unpaired) electrons. The predicted octanol–water partition coefficient (Wildman–Crippen LogP) is 5.48. The lowest BCUT2D eigenvalue weighted by Crippen LogP contribution is -2.50. The van der Waals surface area contributed by atoms with Crippen LogP contribution in [0, 0.1) is 0 Å². The van der Waals surface area contributed by atoms with Crippen LogP contribution >= 0.6 is 11.8 Å². The summed E-state index contributed by atoms with van der Waals surface area (Å²) < 4.78 is 43.9. The fourth-order valence-corrected chi connectivity index (χ4v) is 9.25. The van der Waals surface area contributed by atoms with Crippen LogP contribution in [0.3, 0.4) is 0 Å². The maximum absolute atomic E-state index is 14.1. The van der Waals surface area contributed by atoms with E-state index in [2.05, 4.69) is 4.90 Å². The van der Waals surface area contributed by atoms with Crippen molar-refractivity contribution < 1.29 is 32.2 Å². The molecule has 0 aromatic heterocycles. The Morgan fingerprint density at radius 3 is 2.43 bits per heavy atom. The van der Waals surface area contributed by atoms with Crippen LogP contribution in [0.2, 0.25) is 0 Å². The first kappa shape index (κ1) is 34.9. The summed E-state index contributed by atoms with van der Waals surface area (Å²) in [7, 11) is 1.34. The van der Waals surface area contributed by atoms with Crippen molar-refractivity contribution in [3.8, 4) is 11.5 Å². The molecule has 3 heterocycles. The standard InChI is InChI=1S/C34H46N4O7S2/c1-34(2,3)45-33(40)37-19-17-36(18-20-37)28-11-7-10-25-26(28)23-38(32(25)39)27(24-14-15-29(43-5)30(22-24)44-6)12-8-16-35(4)47(41,42)31-13-9-21-46-31/h7,9-11,14-15,21-22,27,31H,8,12-13,16-20,23H2,1-6H3/t27-,31?/m1/s1. The van der Waals surface area contributed by atoms with Crippen molar-refractivity contribution in [2.24, 2.45) is 0 Å². The lowest BCUT2D eigenvalue weighted by Gasteiger charge is -2.37. The van der Waals surface area contributed by atoms with E-state index in [1.54, 1.807) is 26.2 Å². The van der Waals surface area contributed by atoms with Gasteiger partial charge in [-0.15, -0.1) is 11.8 Å². The highest BCUT2D eigenvalue weighted by atomic mass is 32.3. The summed E-state index contributed by atoms with van der Waals surface area (Å²) in [6.45, 7) is 8.63. The molecule has 2 amide bonds. The number of anilines is 1. The van der Waals surface area contributed by atoms with E-state index in [4.69, 9.17) is 14.2 Å². The molecule has 1 unspecified atom stereocenters. The fraction of sp³-hybridized carbons (Fsp3) is 0.529. The highest BCUT2D eigenvalue weighted by Gasteiger charge is 2.37. The Hall–Kier alpha value is -3.42. The third kappa shape index (κ3) is 7.68. The minimum absolute atomic E-state index is 0.0663. The number of methoxy groups -OCH3 is 2. The Bertz CT molecular complexity index is 1590.